The highest BCUT2D eigenvalue weighted by Crippen LogP contribution is 2.26. The van der Waals surface area contributed by atoms with Crippen LogP contribution in [0.3, 0.4) is 0 Å². The zero-order valence-electron chi connectivity index (χ0n) is 9.41. The van der Waals surface area contributed by atoms with Gasteiger partial charge in [0.1, 0.15) is 5.56 Å². The topological polar surface area (TPSA) is 59.3 Å². The number of carbonyl (C=O) groups is 1. The van der Waals surface area contributed by atoms with Crippen LogP contribution in [0.15, 0.2) is 23.1 Å². The van der Waals surface area contributed by atoms with Gasteiger partial charge < -0.3 is 9.67 Å². The van der Waals surface area contributed by atoms with Gasteiger partial charge in [-0.15, -0.1) is 0 Å². The second-order valence-corrected chi connectivity index (χ2v) is 4.56. The molecule has 0 aliphatic heterocycles. The van der Waals surface area contributed by atoms with Crippen molar-refractivity contribution in [3.8, 4) is 0 Å². The average Bonchev–Trinajstić information content (AvgIpc) is 2.32. The summed E-state index contributed by atoms with van der Waals surface area (Å²) < 4.78 is 1.66. The first kappa shape index (κ1) is 12.9. The zero-order chi connectivity index (χ0) is 13.4. The lowest BCUT2D eigenvalue weighted by molar-refractivity contribution is 0.0695. The Balaban J connectivity index is 2.99. The molecule has 0 bridgehead atoms. The van der Waals surface area contributed by atoms with Crippen LogP contribution in [0.5, 0.6) is 0 Å². The van der Waals surface area contributed by atoms with Crippen LogP contribution in [-0.4, -0.2) is 15.6 Å². The second kappa shape index (κ2) is 4.63. The number of hydrogen-bond donors (Lipinski definition) is 1. The molecule has 4 nitrogen and oxygen atoms in total. The molecule has 0 aliphatic rings. The average molecular weight is 286 g/mol. The minimum atomic E-state index is -1.25. The highest BCUT2D eigenvalue weighted by Gasteiger charge is 2.15. The fourth-order valence-corrected chi connectivity index (χ4v) is 2.12. The number of rotatable bonds is 2. The van der Waals surface area contributed by atoms with Crippen LogP contribution in [0.25, 0.3) is 10.9 Å². The van der Waals surface area contributed by atoms with E-state index in [1.54, 1.807) is 10.6 Å². The lowest BCUT2D eigenvalue weighted by atomic mass is 10.1. The number of aromatic nitrogens is 1. The van der Waals surface area contributed by atoms with Crippen LogP contribution in [0, 0.1) is 0 Å². The van der Waals surface area contributed by atoms with E-state index in [1.807, 2.05) is 6.92 Å². The number of aromatic carboxylic acids is 1. The van der Waals surface area contributed by atoms with Crippen LogP contribution in [0.2, 0.25) is 10.0 Å². The van der Waals surface area contributed by atoms with E-state index in [2.05, 4.69) is 0 Å². The Kier molecular flexibility index (Phi) is 3.32. The molecule has 1 aromatic carbocycles. The van der Waals surface area contributed by atoms with Gasteiger partial charge in [0.05, 0.1) is 15.6 Å². The SMILES string of the molecule is CCn1cc(C(=O)O)c(=O)c2cc(Cl)c(Cl)cc21. The van der Waals surface area contributed by atoms with Gasteiger partial charge in [-0.1, -0.05) is 23.2 Å². The van der Waals surface area contributed by atoms with Gasteiger partial charge in [0, 0.05) is 18.1 Å². The summed E-state index contributed by atoms with van der Waals surface area (Å²) >= 11 is 11.8. The molecular formula is C12H9Cl2NO3. The third kappa shape index (κ3) is 1.98. The van der Waals surface area contributed by atoms with Crippen LogP contribution in [0.4, 0.5) is 0 Å². The molecule has 0 aliphatic carbocycles. The summed E-state index contributed by atoms with van der Waals surface area (Å²) in [6.45, 7) is 2.37. The van der Waals surface area contributed by atoms with Crippen molar-refractivity contribution < 1.29 is 9.90 Å². The first-order valence-electron chi connectivity index (χ1n) is 5.21. The number of pyridine rings is 1. The molecule has 94 valence electrons. The normalized spacial score (nSPS) is 10.8. The molecule has 1 N–H and O–H groups in total. The maximum atomic E-state index is 12.0. The van der Waals surface area contributed by atoms with E-state index in [1.165, 1.54) is 12.3 Å². The van der Waals surface area contributed by atoms with Crippen molar-refractivity contribution >= 4 is 40.1 Å². The molecule has 1 heterocycles. The van der Waals surface area contributed by atoms with Gasteiger partial charge in [0.15, 0.2) is 0 Å². The number of benzene rings is 1. The molecule has 0 spiro atoms. The minimum Gasteiger partial charge on any atom is -0.477 e. The molecule has 18 heavy (non-hydrogen) atoms. The molecule has 0 unspecified atom stereocenters. The van der Waals surface area contributed by atoms with Gasteiger partial charge in [-0.05, 0) is 19.1 Å². The van der Waals surface area contributed by atoms with Gasteiger partial charge in [0.2, 0.25) is 5.43 Å². The summed E-state index contributed by atoms with van der Waals surface area (Å²) in [7, 11) is 0. The van der Waals surface area contributed by atoms with Crippen LogP contribution in [0.1, 0.15) is 17.3 Å². The molecule has 1 aromatic heterocycles. The van der Waals surface area contributed by atoms with E-state index in [0.717, 1.165) is 0 Å². The highest BCUT2D eigenvalue weighted by molar-refractivity contribution is 6.42. The quantitative estimate of drug-likeness (QED) is 0.923. The number of hydrogen-bond acceptors (Lipinski definition) is 2. The number of nitrogens with zero attached hydrogens (tertiary/aromatic N) is 1. The summed E-state index contributed by atoms with van der Waals surface area (Å²) in [4.78, 5) is 23.0. The molecule has 6 heteroatoms. The van der Waals surface area contributed by atoms with Crippen molar-refractivity contribution in [1.29, 1.82) is 0 Å². The van der Waals surface area contributed by atoms with Crippen molar-refractivity contribution in [2.24, 2.45) is 0 Å². The number of halogens is 2. The number of fused-ring (bicyclic) bond motifs is 1. The van der Waals surface area contributed by atoms with Crippen molar-refractivity contribution in [2.45, 2.75) is 13.5 Å². The molecule has 2 aromatic rings. The predicted octanol–water partition coefficient (Wildman–Crippen LogP) is 3.03. The first-order chi connectivity index (χ1) is 8.45. The van der Waals surface area contributed by atoms with E-state index in [4.69, 9.17) is 28.3 Å². The van der Waals surface area contributed by atoms with Crippen molar-refractivity contribution in [2.75, 3.05) is 0 Å². The standard InChI is InChI=1S/C12H9Cl2NO3/c1-2-15-5-7(12(17)18)11(16)6-3-8(13)9(14)4-10(6)15/h3-5H,2H2,1H3,(H,17,18). The van der Waals surface area contributed by atoms with E-state index >= 15 is 0 Å². The molecule has 0 saturated heterocycles. The van der Waals surface area contributed by atoms with Crippen molar-refractivity contribution in [3.05, 3.63) is 44.2 Å². The summed E-state index contributed by atoms with van der Waals surface area (Å²) in [5, 5.41) is 9.81. The Labute approximate surface area is 112 Å². The molecule has 0 saturated carbocycles. The molecular weight excluding hydrogens is 277 g/mol. The molecule has 0 amide bonds. The summed E-state index contributed by atoms with van der Waals surface area (Å²) in [5.41, 5.74) is -0.259. The maximum absolute atomic E-state index is 12.0. The summed E-state index contributed by atoms with van der Waals surface area (Å²) in [5.74, 6) is -1.25. The largest absolute Gasteiger partial charge is 0.477 e. The van der Waals surface area contributed by atoms with Crippen LogP contribution in [-0.2, 0) is 6.54 Å². The van der Waals surface area contributed by atoms with E-state index in [0.29, 0.717) is 17.1 Å². The summed E-state index contributed by atoms with van der Waals surface area (Å²) in [6.07, 6.45) is 1.32. The Hall–Kier alpha value is -1.52. The highest BCUT2D eigenvalue weighted by atomic mass is 35.5. The lowest BCUT2D eigenvalue weighted by Gasteiger charge is -2.10. The van der Waals surface area contributed by atoms with E-state index in [-0.39, 0.29) is 16.0 Å². The third-order valence-corrected chi connectivity index (χ3v) is 3.42. The van der Waals surface area contributed by atoms with E-state index in [9.17, 15) is 9.59 Å². The maximum Gasteiger partial charge on any atom is 0.341 e. The van der Waals surface area contributed by atoms with Crippen LogP contribution < -0.4 is 5.43 Å². The van der Waals surface area contributed by atoms with Gasteiger partial charge in [-0.2, -0.15) is 0 Å². The van der Waals surface area contributed by atoms with Gasteiger partial charge in [-0.3, -0.25) is 4.79 Å². The minimum absolute atomic E-state index is 0.228. The lowest BCUT2D eigenvalue weighted by Crippen LogP contribution is -2.18. The first-order valence-corrected chi connectivity index (χ1v) is 5.96. The molecule has 2 rings (SSSR count). The Morgan fingerprint density at radius 1 is 1.33 bits per heavy atom. The fourth-order valence-electron chi connectivity index (χ4n) is 1.80. The number of carboxylic acids is 1. The third-order valence-electron chi connectivity index (χ3n) is 2.69. The van der Waals surface area contributed by atoms with Gasteiger partial charge >= 0.3 is 5.97 Å². The zero-order valence-corrected chi connectivity index (χ0v) is 10.9. The van der Waals surface area contributed by atoms with Crippen molar-refractivity contribution in [3.63, 3.8) is 0 Å². The Morgan fingerprint density at radius 3 is 2.50 bits per heavy atom. The van der Waals surface area contributed by atoms with Crippen LogP contribution >= 0.6 is 23.2 Å². The predicted molar refractivity (Wildman–Crippen MR) is 70.9 cm³/mol. The fraction of sp³-hybridized carbons (Fsp3) is 0.167. The second-order valence-electron chi connectivity index (χ2n) is 3.75. The Morgan fingerprint density at radius 2 is 1.94 bits per heavy atom. The monoisotopic (exact) mass is 285 g/mol. The van der Waals surface area contributed by atoms with Gasteiger partial charge in [-0.25, -0.2) is 4.79 Å². The number of carboxylic acid groups (broad SMARTS) is 1. The molecule has 0 radical (unpaired) electrons. The van der Waals surface area contributed by atoms with Gasteiger partial charge in [0.25, 0.3) is 0 Å². The smallest absolute Gasteiger partial charge is 0.341 e. The number of aryl methyl sites for hydroxylation is 1. The molecule has 0 fully saturated rings. The Bertz CT molecular complexity index is 707. The summed E-state index contributed by atoms with van der Waals surface area (Å²) in [6, 6.07) is 2.97. The molecule has 0 atom stereocenters. The van der Waals surface area contributed by atoms with E-state index < -0.39 is 11.4 Å². The van der Waals surface area contributed by atoms with Crippen molar-refractivity contribution in [1.82, 2.24) is 4.57 Å².